The van der Waals surface area contributed by atoms with Gasteiger partial charge in [0.1, 0.15) is 5.69 Å². The van der Waals surface area contributed by atoms with E-state index in [-0.39, 0.29) is 12.0 Å². The molecule has 2 heterocycles. The van der Waals surface area contributed by atoms with Crippen molar-refractivity contribution in [2.24, 2.45) is 0 Å². The van der Waals surface area contributed by atoms with E-state index in [0.29, 0.717) is 18.8 Å². The Bertz CT molecular complexity index is 788. The molecule has 1 aliphatic heterocycles. The van der Waals surface area contributed by atoms with Crippen LogP contribution < -0.4 is 0 Å². The number of hydrogen-bond donors (Lipinski definition) is 1. The number of fused-ring (bicyclic) bond motifs is 1. The average molecular weight is 357 g/mol. The Hall–Kier alpha value is -1.85. The molecule has 1 aromatic carbocycles. The number of aromatic amines is 1. The predicted molar refractivity (Wildman–Crippen MR) is 106 cm³/mol. The second-order valence-corrected chi connectivity index (χ2v) is 7.82. The first-order valence-electron chi connectivity index (χ1n) is 9.52. The number of hydrogen-bond acceptors (Lipinski definition) is 3. The van der Waals surface area contributed by atoms with Gasteiger partial charge in [-0.3, -0.25) is 4.79 Å². The molecule has 0 radical (unpaired) electrons. The average Bonchev–Trinajstić information content (AvgIpc) is 3.19. The molecule has 1 N–H and O–H groups in total. The molecule has 26 heavy (non-hydrogen) atoms. The minimum atomic E-state index is 0.0769. The van der Waals surface area contributed by atoms with Gasteiger partial charge in [0.15, 0.2) is 0 Å². The Morgan fingerprint density at radius 1 is 1.23 bits per heavy atom. The number of aromatic nitrogens is 1. The van der Waals surface area contributed by atoms with Crippen molar-refractivity contribution < 1.29 is 9.53 Å². The molecule has 1 amide bonds. The number of carbonyl (C=O) groups excluding carboxylic acids is 1. The second-order valence-electron chi connectivity index (χ2n) is 7.82. The number of H-pyrrole nitrogens is 1. The quantitative estimate of drug-likeness (QED) is 0.863. The molecule has 1 unspecified atom stereocenters. The number of aryl methyl sites for hydroxylation is 3. The van der Waals surface area contributed by atoms with Crippen LogP contribution in [0.25, 0.3) is 10.9 Å². The summed E-state index contributed by atoms with van der Waals surface area (Å²) < 4.78 is 5.78. The van der Waals surface area contributed by atoms with Gasteiger partial charge in [-0.15, -0.1) is 0 Å². The maximum atomic E-state index is 13.4. The highest BCUT2D eigenvalue weighted by atomic mass is 16.5. The van der Waals surface area contributed by atoms with Gasteiger partial charge in [0.25, 0.3) is 5.91 Å². The van der Waals surface area contributed by atoms with E-state index < -0.39 is 0 Å². The van der Waals surface area contributed by atoms with Gasteiger partial charge in [-0.1, -0.05) is 11.6 Å². The van der Waals surface area contributed by atoms with Crippen molar-refractivity contribution in [3.05, 3.63) is 34.5 Å². The fourth-order valence-corrected chi connectivity index (χ4v) is 3.79. The maximum Gasteiger partial charge on any atom is 0.270 e. The van der Waals surface area contributed by atoms with Crippen LogP contribution in [0, 0.1) is 20.8 Å². The normalized spacial score (nSPS) is 17.4. The molecule has 1 aliphatic rings. The maximum absolute atomic E-state index is 13.4. The zero-order valence-electron chi connectivity index (χ0n) is 16.7. The van der Waals surface area contributed by atoms with E-state index >= 15 is 0 Å². The molecular weight excluding hydrogens is 326 g/mol. The van der Waals surface area contributed by atoms with Crippen molar-refractivity contribution in [1.82, 2.24) is 14.8 Å². The van der Waals surface area contributed by atoms with Crippen LogP contribution in [0.2, 0.25) is 0 Å². The van der Waals surface area contributed by atoms with E-state index in [1.807, 2.05) is 25.9 Å². The fraction of sp³-hybridized carbons (Fsp3) is 0.571. The molecule has 0 aliphatic carbocycles. The van der Waals surface area contributed by atoms with Gasteiger partial charge < -0.3 is 19.5 Å². The number of nitrogens with zero attached hydrogens (tertiary/aromatic N) is 2. The standard InChI is InChI=1S/C21H31N3O2/c1-14-11-15(2)19-18(12-14)16(3)20(22-19)21(25)24(9-8-23(4)5)13-17-7-6-10-26-17/h11-12,17,22H,6-10,13H2,1-5H3. The minimum Gasteiger partial charge on any atom is -0.376 e. The number of nitrogens with one attached hydrogen (secondary N) is 1. The van der Waals surface area contributed by atoms with Crippen LogP contribution in [-0.2, 0) is 4.74 Å². The lowest BCUT2D eigenvalue weighted by molar-refractivity contribution is 0.0508. The monoisotopic (exact) mass is 357 g/mol. The molecule has 1 saturated heterocycles. The molecule has 1 atom stereocenters. The third-order valence-electron chi connectivity index (χ3n) is 5.28. The lowest BCUT2D eigenvalue weighted by Gasteiger charge is -2.26. The Balaban J connectivity index is 1.90. The summed E-state index contributed by atoms with van der Waals surface area (Å²) in [7, 11) is 4.07. The summed E-state index contributed by atoms with van der Waals surface area (Å²) in [6, 6.07) is 4.32. The first-order valence-corrected chi connectivity index (χ1v) is 9.52. The molecule has 3 rings (SSSR count). The molecule has 0 bridgehead atoms. The first kappa shape index (κ1) is 18.9. The Morgan fingerprint density at radius 3 is 2.65 bits per heavy atom. The third kappa shape index (κ3) is 3.94. The Kier molecular flexibility index (Phi) is 5.68. The van der Waals surface area contributed by atoms with Gasteiger partial charge in [0.05, 0.1) is 6.10 Å². The molecule has 0 saturated carbocycles. The molecule has 2 aromatic rings. The number of ether oxygens (including phenoxy) is 1. The van der Waals surface area contributed by atoms with E-state index in [1.165, 1.54) is 11.1 Å². The molecule has 0 spiro atoms. The summed E-state index contributed by atoms with van der Waals surface area (Å²) >= 11 is 0. The summed E-state index contributed by atoms with van der Waals surface area (Å²) in [5.41, 5.74) is 5.23. The van der Waals surface area contributed by atoms with Crippen LogP contribution in [0.15, 0.2) is 12.1 Å². The van der Waals surface area contributed by atoms with Gasteiger partial charge in [0, 0.05) is 37.1 Å². The summed E-state index contributed by atoms with van der Waals surface area (Å²) in [4.78, 5) is 20.8. The summed E-state index contributed by atoms with van der Waals surface area (Å²) in [5.74, 6) is 0.0769. The van der Waals surface area contributed by atoms with Crippen molar-refractivity contribution in [1.29, 1.82) is 0 Å². The van der Waals surface area contributed by atoms with Crippen molar-refractivity contribution in [2.75, 3.05) is 40.3 Å². The highest BCUT2D eigenvalue weighted by Crippen LogP contribution is 2.27. The van der Waals surface area contributed by atoms with E-state index in [9.17, 15) is 4.79 Å². The molecule has 5 nitrogen and oxygen atoms in total. The topological polar surface area (TPSA) is 48.6 Å². The molecular formula is C21H31N3O2. The van der Waals surface area contributed by atoms with E-state index in [4.69, 9.17) is 4.74 Å². The molecule has 1 aromatic heterocycles. The van der Waals surface area contributed by atoms with Gasteiger partial charge >= 0.3 is 0 Å². The first-order chi connectivity index (χ1) is 12.4. The third-order valence-corrected chi connectivity index (χ3v) is 5.28. The van der Waals surface area contributed by atoms with Crippen LogP contribution in [0.1, 0.15) is 40.0 Å². The Morgan fingerprint density at radius 2 is 2.00 bits per heavy atom. The van der Waals surface area contributed by atoms with E-state index in [1.54, 1.807) is 0 Å². The second kappa shape index (κ2) is 7.80. The van der Waals surface area contributed by atoms with Gasteiger partial charge in [-0.2, -0.15) is 0 Å². The lowest BCUT2D eigenvalue weighted by atomic mass is 10.1. The van der Waals surface area contributed by atoms with Crippen LogP contribution >= 0.6 is 0 Å². The summed E-state index contributed by atoms with van der Waals surface area (Å²) in [6.07, 6.45) is 2.29. The van der Waals surface area contributed by atoms with Crippen LogP contribution in [0.5, 0.6) is 0 Å². The SMILES string of the molecule is Cc1cc(C)c2[nH]c(C(=O)N(CCN(C)C)CC3CCCO3)c(C)c2c1. The van der Waals surface area contributed by atoms with E-state index in [2.05, 4.69) is 35.9 Å². The van der Waals surface area contributed by atoms with Gasteiger partial charge in [-0.25, -0.2) is 0 Å². The number of amides is 1. The number of benzene rings is 1. The smallest absolute Gasteiger partial charge is 0.270 e. The van der Waals surface area contributed by atoms with Crippen molar-refractivity contribution in [3.8, 4) is 0 Å². The van der Waals surface area contributed by atoms with Gasteiger partial charge in [0.2, 0.25) is 0 Å². The van der Waals surface area contributed by atoms with E-state index in [0.717, 1.165) is 42.5 Å². The van der Waals surface area contributed by atoms with Gasteiger partial charge in [-0.05, 0) is 64.9 Å². The highest BCUT2D eigenvalue weighted by molar-refractivity contribution is 6.01. The molecule has 142 valence electrons. The fourth-order valence-electron chi connectivity index (χ4n) is 3.79. The van der Waals surface area contributed by atoms with Crippen molar-refractivity contribution >= 4 is 16.8 Å². The molecule has 5 heteroatoms. The number of carbonyl (C=O) groups is 1. The zero-order valence-corrected chi connectivity index (χ0v) is 16.7. The van der Waals surface area contributed by atoms with Crippen LogP contribution in [0.4, 0.5) is 0 Å². The lowest BCUT2D eigenvalue weighted by Crippen LogP contribution is -2.41. The van der Waals surface area contributed by atoms with Crippen molar-refractivity contribution in [2.45, 2.75) is 39.7 Å². The number of likely N-dealkylation sites (N-methyl/N-ethyl adjacent to an activating group) is 1. The zero-order chi connectivity index (χ0) is 18.8. The molecule has 1 fully saturated rings. The Labute approximate surface area is 156 Å². The largest absolute Gasteiger partial charge is 0.376 e. The summed E-state index contributed by atoms with van der Waals surface area (Å²) in [5, 5.41) is 1.15. The van der Waals surface area contributed by atoms with Crippen molar-refractivity contribution in [3.63, 3.8) is 0 Å². The summed E-state index contributed by atoms with van der Waals surface area (Å²) in [6.45, 7) is 9.26. The van der Waals surface area contributed by atoms with Crippen LogP contribution in [-0.4, -0.2) is 67.1 Å². The van der Waals surface area contributed by atoms with Crippen LogP contribution in [0.3, 0.4) is 0 Å². The number of rotatable bonds is 6. The minimum absolute atomic E-state index is 0.0769. The highest BCUT2D eigenvalue weighted by Gasteiger charge is 2.26. The predicted octanol–water partition coefficient (Wildman–Crippen LogP) is 3.28.